The Morgan fingerprint density at radius 3 is 1.89 bits per heavy atom. The van der Waals surface area contributed by atoms with Gasteiger partial charge in [0.05, 0.1) is 11.4 Å². The Balaban J connectivity index is 1.40. The molecule has 2 aliphatic carbocycles. The Bertz CT molecular complexity index is 2240. The van der Waals surface area contributed by atoms with E-state index in [4.69, 9.17) is 4.52 Å². The number of hydrogen-bond acceptors (Lipinski definition) is 6. The van der Waals surface area contributed by atoms with Crippen LogP contribution in [0.5, 0.6) is 0 Å². The Morgan fingerprint density at radius 1 is 0.696 bits per heavy atom. The zero-order chi connectivity index (χ0) is 31.3. The van der Waals surface area contributed by atoms with Gasteiger partial charge in [-0.15, -0.1) is 0 Å². The minimum Gasteiger partial charge on any atom is -0.354 e. The fraction of sp³-hybridized carbons (Fsp3) is 0.0769. The number of fused-ring (bicyclic) bond motifs is 8. The molecule has 4 aliphatic rings. The summed E-state index contributed by atoms with van der Waals surface area (Å²) in [5, 5.41) is 7.39. The van der Waals surface area contributed by atoms with Crippen LogP contribution in [-0.2, 0) is 10.2 Å². The van der Waals surface area contributed by atoms with E-state index in [1.165, 1.54) is 0 Å². The first-order chi connectivity index (χ1) is 22.4. The van der Waals surface area contributed by atoms with E-state index in [-0.39, 0.29) is 22.7 Å². The van der Waals surface area contributed by atoms with Crippen molar-refractivity contribution < 1.29 is 18.9 Å². The quantitative estimate of drug-likeness (QED) is 0.233. The van der Waals surface area contributed by atoms with Crippen molar-refractivity contribution in [3.05, 3.63) is 159 Å². The number of aromatic nitrogens is 1. The standard InChI is InChI=1S/C39H25N3O4/c1-21-15-17-23(18-16-21)19-20-30-33(22(2)41-46-30)42-34-24-9-3-5-11-26(24)36(43)31(34)39(28-13-7-8-14-29(28)40-38(39)45)32-35(42)25-10-4-6-12-27(25)37(32)44/h3-20H,1-2H3,(H,40,45)/b20-19+. The van der Waals surface area contributed by atoms with Gasteiger partial charge in [0.25, 0.3) is 0 Å². The molecule has 3 heterocycles. The number of para-hydroxylation sites is 1. The van der Waals surface area contributed by atoms with Crippen LogP contribution in [0.15, 0.2) is 113 Å². The maximum atomic E-state index is 14.7. The molecule has 0 unspecified atom stereocenters. The number of benzene rings is 4. The number of hydrogen-bond donors (Lipinski definition) is 1. The molecular formula is C39H25N3O4. The molecule has 1 amide bonds. The van der Waals surface area contributed by atoms with E-state index in [9.17, 15) is 14.4 Å². The number of aryl methyl sites for hydroxylation is 2. The summed E-state index contributed by atoms with van der Waals surface area (Å²) in [4.78, 5) is 45.9. The van der Waals surface area contributed by atoms with Crippen LogP contribution in [0.4, 0.5) is 11.4 Å². The van der Waals surface area contributed by atoms with Crippen LogP contribution >= 0.6 is 0 Å². The van der Waals surface area contributed by atoms with Crippen LogP contribution < -0.4 is 10.2 Å². The van der Waals surface area contributed by atoms with E-state index in [0.717, 1.165) is 11.1 Å². The minimum absolute atomic E-state index is 0.255. The highest BCUT2D eigenvalue weighted by atomic mass is 16.5. The number of carbonyl (C=O) groups is 3. The number of ketones is 2. The van der Waals surface area contributed by atoms with Crippen molar-refractivity contribution >= 4 is 52.4 Å². The minimum atomic E-state index is -1.66. The van der Waals surface area contributed by atoms with Gasteiger partial charge in [-0.3, -0.25) is 14.4 Å². The summed E-state index contributed by atoms with van der Waals surface area (Å²) in [5.74, 6) is -0.540. The van der Waals surface area contributed by atoms with Gasteiger partial charge in [0.15, 0.2) is 17.3 Å². The van der Waals surface area contributed by atoms with Crippen LogP contribution in [0.25, 0.3) is 23.5 Å². The number of nitrogens with zero attached hydrogens (tertiary/aromatic N) is 2. The van der Waals surface area contributed by atoms with Crippen molar-refractivity contribution in [3.8, 4) is 0 Å². The van der Waals surface area contributed by atoms with Gasteiger partial charge in [0.2, 0.25) is 5.91 Å². The molecule has 9 rings (SSSR count). The van der Waals surface area contributed by atoms with E-state index < -0.39 is 11.3 Å². The van der Waals surface area contributed by atoms with Crippen LogP contribution in [0.2, 0.25) is 0 Å². The van der Waals surface area contributed by atoms with Crippen LogP contribution in [0.1, 0.15) is 60.0 Å². The summed E-state index contributed by atoms with van der Waals surface area (Å²) in [6.45, 7) is 3.88. The normalized spacial score (nSPS) is 17.1. The molecule has 0 atom stereocenters. The Kier molecular flexibility index (Phi) is 5.28. The molecule has 1 N–H and O–H groups in total. The molecule has 0 bridgehead atoms. The first-order valence-electron chi connectivity index (χ1n) is 15.1. The zero-order valence-corrected chi connectivity index (χ0v) is 24.9. The molecule has 2 aliphatic heterocycles. The average molecular weight is 600 g/mol. The molecule has 0 saturated heterocycles. The maximum Gasteiger partial charge on any atom is 0.244 e. The predicted molar refractivity (Wildman–Crippen MR) is 176 cm³/mol. The lowest BCUT2D eigenvalue weighted by atomic mass is 9.65. The topological polar surface area (TPSA) is 92.5 Å². The molecule has 0 radical (unpaired) electrons. The van der Waals surface area contributed by atoms with Gasteiger partial charge < -0.3 is 14.7 Å². The third-order valence-electron chi connectivity index (χ3n) is 9.48. The third kappa shape index (κ3) is 3.21. The molecule has 7 heteroatoms. The van der Waals surface area contributed by atoms with E-state index in [2.05, 4.69) is 10.5 Å². The number of carbonyl (C=O) groups excluding carboxylic acids is 3. The van der Waals surface area contributed by atoms with E-state index >= 15 is 0 Å². The largest absolute Gasteiger partial charge is 0.354 e. The molecule has 7 nitrogen and oxygen atoms in total. The summed E-state index contributed by atoms with van der Waals surface area (Å²) >= 11 is 0. The van der Waals surface area contributed by atoms with Gasteiger partial charge in [-0.1, -0.05) is 108 Å². The van der Waals surface area contributed by atoms with Gasteiger partial charge in [-0.25, -0.2) is 0 Å². The number of Topliss-reactive ketones (excluding diaryl/α,β-unsaturated/α-hetero) is 2. The highest BCUT2D eigenvalue weighted by Crippen LogP contribution is 2.63. The molecule has 4 aromatic carbocycles. The van der Waals surface area contributed by atoms with Gasteiger partial charge in [-0.2, -0.15) is 0 Å². The summed E-state index contributed by atoms with van der Waals surface area (Å²) in [5.41, 5.74) is 6.71. The lowest BCUT2D eigenvalue weighted by Crippen LogP contribution is -2.47. The molecular weight excluding hydrogens is 574 g/mol. The highest BCUT2D eigenvalue weighted by molar-refractivity contribution is 6.39. The van der Waals surface area contributed by atoms with E-state index in [1.807, 2.05) is 116 Å². The summed E-state index contributed by atoms with van der Waals surface area (Å²) in [6, 6.07) is 30.2. The van der Waals surface area contributed by atoms with E-state index in [0.29, 0.717) is 62.0 Å². The molecule has 46 heavy (non-hydrogen) atoms. The predicted octanol–water partition coefficient (Wildman–Crippen LogP) is 7.39. The molecule has 0 fully saturated rings. The van der Waals surface area contributed by atoms with Gasteiger partial charge in [0, 0.05) is 44.7 Å². The van der Waals surface area contributed by atoms with Gasteiger partial charge in [0.1, 0.15) is 16.8 Å². The summed E-state index contributed by atoms with van der Waals surface area (Å²) < 4.78 is 5.94. The van der Waals surface area contributed by atoms with Crippen molar-refractivity contribution in [2.75, 3.05) is 10.2 Å². The van der Waals surface area contributed by atoms with Crippen molar-refractivity contribution in [2.24, 2.45) is 0 Å². The van der Waals surface area contributed by atoms with Gasteiger partial charge >= 0.3 is 0 Å². The summed E-state index contributed by atoms with van der Waals surface area (Å²) in [6.07, 6.45) is 3.80. The maximum absolute atomic E-state index is 14.7. The number of anilines is 2. The smallest absolute Gasteiger partial charge is 0.244 e. The number of amides is 1. The second-order valence-electron chi connectivity index (χ2n) is 12.0. The van der Waals surface area contributed by atoms with Crippen molar-refractivity contribution in [1.82, 2.24) is 5.16 Å². The average Bonchev–Trinajstić information content (AvgIpc) is 3.77. The van der Waals surface area contributed by atoms with Crippen LogP contribution in [0, 0.1) is 13.8 Å². The Hall–Kier alpha value is -6.08. The monoisotopic (exact) mass is 599 g/mol. The lowest BCUT2D eigenvalue weighted by molar-refractivity contribution is -0.118. The molecule has 5 aromatic rings. The molecule has 0 saturated carbocycles. The molecule has 1 aromatic heterocycles. The Labute approximate surface area is 264 Å². The zero-order valence-electron chi connectivity index (χ0n) is 24.9. The number of nitrogens with one attached hydrogen (secondary N) is 1. The van der Waals surface area contributed by atoms with E-state index in [1.54, 1.807) is 12.1 Å². The second-order valence-corrected chi connectivity index (χ2v) is 12.0. The fourth-order valence-corrected chi connectivity index (χ4v) is 7.52. The SMILES string of the molecule is Cc1ccc(/C=C/c2onc(C)c2N2C3=C(C(=O)c4ccccc43)C3(C(=O)Nc4ccccc43)C3=C2c2ccccc2C3=O)cc1. The van der Waals surface area contributed by atoms with Crippen LogP contribution in [-0.4, -0.2) is 22.6 Å². The highest BCUT2D eigenvalue weighted by Gasteiger charge is 2.65. The van der Waals surface area contributed by atoms with Crippen molar-refractivity contribution in [3.63, 3.8) is 0 Å². The second kappa shape index (κ2) is 9.22. The van der Waals surface area contributed by atoms with Gasteiger partial charge in [-0.05, 0) is 31.6 Å². The Morgan fingerprint density at radius 2 is 1.26 bits per heavy atom. The van der Waals surface area contributed by atoms with Crippen molar-refractivity contribution in [2.45, 2.75) is 19.3 Å². The first kappa shape index (κ1) is 26.3. The van der Waals surface area contributed by atoms with Crippen molar-refractivity contribution in [1.29, 1.82) is 0 Å². The number of rotatable bonds is 3. The summed E-state index contributed by atoms with van der Waals surface area (Å²) in [7, 11) is 0. The molecule has 1 spiro atoms. The third-order valence-corrected chi connectivity index (χ3v) is 9.48. The lowest BCUT2D eigenvalue weighted by Gasteiger charge is -2.40. The first-order valence-corrected chi connectivity index (χ1v) is 15.1. The molecule has 220 valence electrons. The fourth-order valence-electron chi connectivity index (χ4n) is 7.52. The van der Waals surface area contributed by atoms with Crippen LogP contribution in [0.3, 0.4) is 0 Å².